The number of anilines is 1. The molecule has 1 aliphatic carbocycles. The third kappa shape index (κ3) is 3.24. The fourth-order valence-corrected chi connectivity index (χ4v) is 4.68. The van der Waals surface area contributed by atoms with E-state index in [1.54, 1.807) is 18.5 Å². The van der Waals surface area contributed by atoms with Gasteiger partial charge in [-0.3, -0.25) is 4.79 Å². The number of halogens is 1. The summed E-state index contributed by atoms with van der Waals surface area (Å²) in [6.45, 7) is 3.58. The number of nitrogens with one attached hydrogen (secondary N) is 2. The molecule has 2 aromatic heterocycles. The van der Waals surface area contributed by atoms with Gasteiger partial charge in [0.05, 0.1) is 11.4 Å². The number of rotatable bonds is 4. The van der Waals surface area contributed by atoms with Gasteiger partial charge >= 0.3 is 0 Å². The molecule has 150 valence electrons. The van der Waals surface area contributed by atoms with Gasteiger partial charge in [-0.1, -0.05) is 12.1 Å². The number of H-pyrrole nitrogens is 1. The number of aromatic nitrogens is 3. The van der Waals surface area contributed by atoms with Crippen molar-refractivity contribution >= 4 is 22.8 Å². The van der Waals surface area contributed by atoms with Crippen LogP contribution in [0.2, 0.25) is 0 Å². The Morgan fingerprint density at radius 3 is 2.83 bits per heavy atom. The van der Waals surface area contributed by atoms with E-state index >= 15 is 0 Å². The molecule has 1 saturated heterocycles. The topological polar surface area (TPSA) is 73.9 Å². The zero-order chi connectivity index (χ0) is 20.0. The zero-order valence-electron chi connectivity index (χ0n) is 16.4. The molecule has 5 rings (SSSR count). The van der Waals surface area contributed by atoms with E-state index in [2.05, 4.69) is 25.2 Å². The molecule has 1 amide bonds. The van der Waals surface area contributed by atoms with Crippen LogP contribution in [-0.2, 0) is 4.79 Å². The molecule has 1 spiro atoms. The molecule has 29 heavy (non-hydrogen) atoms. The van der Waals surface area contributed by atoms with Crippen molar-refractivity contribution in [2.24, 2.45) is 11.3 Å². The van der Waals surface area contributed by atoms with Crippen molar-refractivity contribution in [3.63, 3.8) is 0 Å². The molecule has 0 bridgehead atoms. The number of carbonyl (C=O) groups excluding carboxylic acids is 1. The first-order valence-corrected chi connectivity index (χ1v) is 10.1. The zero-order valence-corrected chi connectivity index (χ0v) is 16.4. The number of carbonyl (C=O) groups is 1. The van der Waals surface area contributed by atoms with Gasteiger partial charge in [0, 0.05) is 25.2 Å². The standard InChI is InChI=1S/C22H24FN5O/c1-14(15-2-4-16(23)5-3-15)27-21(29)18-7-11-28(12-22(18)8-9-22)20-17-6-10-24-19(17)25-13-26-20/h2-6,10,13-14,18H,7-9,11-12H2,1H3,(H,27,29)(H,24,25,26). The third-order valence-corrected chi connectivity index (χ3v) is 6.50. The quantitative estimate of drug-likeness (QED) is 0.711. The number of nitrogens with zero attached hydrogens (tertiary/aromatic N) is 3. The van der Waals surface area contributed by atoms with Crippen LogP contribution < -0.4 is 10.2 Å². The number of piperidine rings is 1. The molecule has 2 atom stereocenters. The van der Waals surface area contributed by atoms with E-state index in [0.717, 1.165) is 54.8 Å². The molecule has 2 aliphatic rings. The SMILES string of the molecule is CC(NC(=O)C1CCN(c2ncnc3[nH]ccc23)CC12CC2)c1ccc(F)cc1. The minimum atomic E-state index is -0.266. The molecular weight excluding hydrogens is 369 g/mol. The number of hydrogen-bond donors (Lipinski definition) is 2. The van der Waals surface area contributed by atoms with Crippen LogP contribution in [0.4, 0.5) is 10.2 Å². The summed E-state index contributed by atoms with van der Waals surface area (Å²) in [4.78, 5) is 27.3. The smallest absolute Gasteiger partial charge is 0.224 e. The largest absolute Gasteiger partial charge is 0.355 e. The Morgan fingerprint density at radius 1 is 1.28 bits per heavy atom. The van der Waals surface area contributed by atoms with Gasteiger partial charge < -0.3 is 15.2 Å². The fraction of sp³-hybridized carbons (Fsp3) is 0.409. The molecule has 6 nitrogen and oxygen atoms in total. The van der Waals surface area contributed by atoms with Crippen molar-refractivity contribution in [1.29, 1.82) is 0 Å². The lowest BCUT2D eigenvalue weighted by Gasteiger charge is -2.39. The van der Waals surface area contributed by atoms with Gasteiger partial charge in [0.15, 0.2) is 0 Å². The maximum absolute atomic E-state index is 13.2. The molecule has 1 saturated carbocycles. The summed E-state index contributed by atoms with van der Waals surface area (Å²) in [5, 5.41) is 4.17. The van der Waals surface area contributed by atoms with Crippen LogP contribution >= 0.6 is 0 Å². The molecule has 3 heterocycles. The van der Waals surface area contributed by atoms with Gasteiger partial charge in [-0.05, 0) is 55.4 Å². The molecule has 1 aromatic carbocycles. The fourth-order valence-electron chi connectivity index (χ4n) is 4.68. The Kier molecular flexibility index (Phi) is 4.26. The summed E-state index contributed by atoms with van der Waals surface area (Å²) >= 11 is 0. The van der Waals surface area contributed by atoms with Crippen LogP contribution in [0.3, 0.4) is 0 Å². The van der Waals surface area contributed by atoms with Crippen LogP contribution in [0, 0.1) is 17.2 Å². The summed E-state index contributed by atoms with van der Waals surface area (Å²) in [5.74, 6) is 0.789. The predicted octanol–water partition coefficient (Wildman–Crippen LogP) is 3.58. The molecule has 2 unspecified atom stereocenters. The Morgan fingerprint density at radius 2 is 2.07 bits per heavy atom. The number of amides is 1. The summed E-state index contributed by atoms with van der Waals surface area (Å²) < 4.78 is 13.2. The minimum absolute atomic E-state index is 0.00482. The first-order valence-electron chi connectivity index (χ1n) is 10.1. The molecule has 3 aromatic rings. The van der Waals surface area contributed by atoms with Gasteiger partial charge in [-0.25, -0.2) is 14.4 Å². The van der Waals surface area contributed by atoms with Gasteiger partial charge in [-0.15, -0.1) is 0 Å². The van der Waals surface area contributed by atoms with Crippen LogP contribution in [-0.4, -0.2) is 33.9 Å². The van der Waals surface area contributed by atoms with Gasteiger partial charge in [-0.2, -0.15) is 0 Å². The van der Waals surface area contributed by atoms with E-state index in [4.69, 9.17) is 0 Å². The first kappa shape index (κ1) is 18.1. The van der Waals surface area contributed by atoms with Crippen molar-refractivity contribution in [1.82, 2.24) is 20.3 Å². The average Bonchev–Trinajstić information content (AvgIpc) is 3.30. The third-order valence-electron chi connectivity index (χ3n) is 6.50. The van der Waals surface area contributed by atoms with Gasteiger partial charge in [0.1, 0.15) is 23.6 Å². The number of fused-ring (bicyclic) bond motifs is 1. The number of aromatic amines is 1. The van der Waals surface area contributed by atoms with E-state index in [9.17, 15) is 9.18 Å². The molecule has 7 heteroatoms. The lowest BCUT2D eigenvalue weighted by atomic mass is 9.81. The highest BCUT2D eigenvalue weighted by molar-refractivity contribution is 5.87. The first-order chi connectivity index (χ1) is 14.1. The number of hydrogen-bond acceptors (Lipinski definition) is 4. The molecule has 1 aliphatic heterocycles. The van der Waals surface area contributed by atoms with E-state index < -0.39 is 0 Å². The maximum Gasteiger partial charge on any atom is 0.224 e. The monoisotopic (exact) mass is 393 g/mol. The Balaban J connectivity index is 1.30. The van der Waals surface area contributed by atoms with E-state index in [1.807, 2.05) is 19.2 Å². The Hall–Kier alpha value is -2.96. The van der Waals surface area contributed by atoms with Crippen LogP contribution in [0.5, 0.6) is 0 Å². The van der Waals surface area contributed by atoms with Crippen molar-refractivity contribution < 1.29 is 9.18 Å². The van der Waals surface area contributed by atoms with E-state index in [0.29, 0.717) is 0 Å². The van der Waals surface area contributed by atoms with Gasteiger partial charge in [0.25, 0.3) is 0 Å². The summed E-state index contributed by atoms with van der Waals surface area (Å²) in [5.41, 5.74) is 1.78. The lowest BCUT2D eigenvalue weighted by molar-refractivity contribution is -0.128. The highest BCUT2D eigenvalue weighted by Gasteiger charge is 2.55. The van der Waals surface area contributed by atoms with Crippen LogP contribution in [0.1, 0.15) is 37.8 Å². The maximum atomic E-state index is 13.2. The Bertz CT molecular complexity index is 1040. The molecule has 0 radical (unpaired) electrons. The predicted molar refractivity (Wildman–Crippen MR) is 109 cm³/mol. The minimum Gasteiger partial charge on any atom is -0.355 e. The summed E-state index contributed by atoms with van der Waals surface area (Å²) in [7, 11) is 0. The van der Waals surface area contributed by atoms with Crippen molar-refractivity contribution in [2.75, 3.05) is 18.0 Å². The van der Waals surface area contributed by atoms with E-state index in [-0.39, 0.29) is 29.1 Å². The average molecular weight is 393 g/mol. The normalized spacial score (nSPS) is 21.3. The second-order valence-corrected chi connectivity index (χ2v) is 8.34. The second kappa shape index (κ2) is 6.83. The highest BCUT2D eigenvalue weighted by atomic mass is 19.1. The van der Waals surface area contributed by atoms with Gasteiger partial charge in [0.2, 0.25) is 5.91 Å². The van der Waals surface area contributed by atoms with Crippen LogP contribution in [0.15, 0.2) is 42.9 Å². The summed E-state index contributed by atoms with van der Waals surface area (Å²) in [6.07, 6.45) is 6.41. The van der Waals surface area contributed by atoms with Crippen molar-refractivity contribution in [2.45, 2.75) is 32.2 Å². The summed E-state index contributed by atoms with van der Waals surface area (Å²) in [6, 6.07) is 8.19. The number of benzene rings is 1. The van der Waals surface area contributed by atoms with Crippen molar-refractivity contribution in [3.05, 3.63) is 54.2 Å². The van der Waals surface area contributed by atoms with Crippen LogP contribution in [0.25, 0.3) is 11.0 Å². The lowest BCUT2D eigenvalue weighted by Crippen LogP contribution is -2.48. The highest BCUT2D eigenvalue weighted by Crippen LogP contribution is 2.56. The second-order valence-electron chi connectivity index (χ2n) is 8.34. The molecule has 2 fully saturated rings. The molecule has 2 N–H and O–H groups in total. The van der Waals surface area contributed by atoms with Crippen molar-refractivity contribution in [3.8, 4) is 0 Å². The molecular formula is C22H24FN5O. The Labute approximate surface area is 168 Å². The van der Waals surface area contributed by atoms with E-state index in [1.165, 1.54) is 12.1 Å².